The minimum atomic E-state index is -1.98. The van der Waals surface area contributed by atoms with Crippen molar-refractivity contribution in [3.05, 3.63) is 197 Å². The van der Waals surface area contributed by atoms with Crippen molar-refractivity contribution in [1.29, 1.82) is 0 Å². The van der Waals surface area contributed by atoms with Gasteiger partial charge in [-0.25, -0.2) is 0 Å². The molecule has 0 aliphatic heterocycles. The maximum absolute atomic E-state index is 10.2. The molecule has 2 atom stereocenters. The molecule has 0 amide bonds. The fourth-order valence-electron chi connectivity index (χ4n) is 4.85. The zero-order valence-corrected chi connectivity index (χ0v) is 32.9. The summed E-state index contributed by atoms with van der Waals surface area (Å²) < 4.78 is 9.18. The first-order chi connectivity index (χ1) is 21.8. The molecule has 6 heteroatoms. The van der Waals surface area contributed by atoms with E-state index in [4.69, 9.17) is 0 Å². The van der Waals surface area contributed by atoms with Crippen LogP contribution in [-0.4, -0.2) is 39.5 Å². The van der Waals surface area contributed by atoms with Gasteiger partial charge in [-0.1, -0.05) is 7.87 Å². The topological polar surface area (TPSA) is 17.1 Å². The molecule has 1 nitrogen and oxygen atoms in total. The summed E-state index contributed by atoms with van der Waals surface area (Å²) in [4.78, 5) is 10.6. The van der Waals surface area contributed by atoms with Crippen molar-refractivity contribution < 1.29 is 0 Å². The van der Waals surface area contributed by atoms with Crippen LogP contribution in [0.4, 0.5) is 0 Å². The molecule has 0 fully saturated rings. The Balaban J connectivity index is 0.000000147. The van der Waals surface area contributed by atoms with Crippen LogP contribution in [0.5, 0.6) is 0 Å². The second kappa shape index (κ2) is 18.4. The Hall–Kier alpha value is -2.64. The van der Waals surface area contributed by atoms with E-state index < -0.39 is 39.5 Å². The van der Waals surface area contributed by atoms with Gasteiger partial charge in [0.05, 0.1) is 0 Å². The van der Waals surface area contributed by atoms with E-state index in [9.17, 15) is 4.79 Å². The van der Waals surface area contributed by atoms with Gasteiger partial charge >= 0.3 is 243 Å². The standard InChI is InChI=1S/6C6H5.C2H3OP3.2Sn/c6*1-2-4-6-5-3-1;3-2-4-1-5-6-2;;/h6*1-5H;1,5-6H;;. The Bertz CT molecular complexity index is 1490. The summed E-state index contributed by atoms with van der Waals surface area (Å²) in [6.45, 7) is 0. The average molecular weight is 836 g/mol. The summed E-state index contributed by atoms with van der Waals surface area (Å²) in [7, 11) is 2.38. The van der Waals surface area contributed by atoms with E-state index in [2.05, 4.69) is 182 Å². The average Bonchev–Trinajstić information content (AvgIpc) is 3.59. The third kappa shape index (κ3) is 9.93. The van der Waals surface area contributed by atoms with Gasteiger partial charge < -0.3 is 0 Å². The zero-order valence-electron chi connectivity index (χ0n) is 24.3. The van der Waals surface area contributed by atoms with E-state index in [0.717, 1.165) is 16.1 Å². The van der Waals surface area contributed by atoms with Crippen molar-refractivity contribution in [2.75, 3.05) is 0 Å². The molecule has 0 spiro atoms. The van der Waals surface area contributed by atoms with E-state index >= 15 is 0 Å². The van der Waals surface area contributed by atoms with Crippen LogP contribution in [0.15, 0.2) is 192 Å². The van der Waals surface area contributed by atoms with Crippen LogP contribution in [0.2, 0.25) is 0 Å². The first-order valence-electron chi connectivity index (χ1n) is 14.4. The van der Waals surface area contributed by atoms with Crippen molar-refractivity contribution in [1.82, 2.24) is 0 Å². The minimum absolute atomic E-state index is 0.410. The van der Waals surface area contributed by atoms with Crippen LogP contribution < -0.4 is 26.4 Å². The first kappa shape index (κ1) is 32.7. The first-order valence-corrected chi connectivity index (χ1v) is 27.0. The molecule has 0 bridgehead atoms. The van der Waals surface area contributed by atoms with Crippen LogP contribution in [0.3, 0.4) is 0 Å². The van der Waals surface area contributed by atoms with E-state index in [1.165, 1.54) is 21.5 Å². The van der Waals surface area contributed by atoms with Crippen LogP contribution in [0.1, 0.15) is 0 Å². The molecule has 0 saturated carbocycles. The van der Waals surface area contributed by atoms with Gasteiger partial charge in [-0.15, -0.1) is 7.87 Å². The maximum atomic E-state index is 10.2. The van der Waals surface area contributed by atoms with Gasteiger partial charge in [0.15, 0.2) is 0 Å². The van der Waals surface area contributed by atoms with Crippen LogP contribution in [0.25, 0.3) is 0 Å². The second-order valence-electron chi connectivity index (χ2n) is 9.78. The van der Waals surface area contributed by atoms with Crippen molar-refractivity contribution >= 4 is 84.9 Å². The summed E-state index contributed by atoms with van der Waals surface area (Å²) in [6, 6.07) is 65.9. The molecule has 2 radical (unpaired) electrons. The summed E-state index contributed by atoms with van der Waals surface area (Å²) in [5, 5.41) is 0. The Morgan fingerprint density at radius 1 is 0.364 bits per heavy atom. The SMILES string of the molecule is O=c1pc[pH][pH]1.c1cc[c]([Sn]([c]2ccccc2)[c]2ccccc2)cc1.c1cc[c]([Sn]([c]2ccccc2)[c]2ccccc2)cc1. The second-order valence-corrected chi connectivity index (χ2v) is 28.7. The molecular weight excluding hydrogens is 803 g/mol. The van der Waals surface area contributed by atoms with Crippen LogP contribution in [0, 0.1) is 0 Å². The molecule has 0 saturated heterocycles. The summed E-state index contributed by atoms with van der Waals surface area (Å²) in [5.74, 6) is 0. The number of benzene rings is 6. The van der Waals surface area contributed by atoms with Crippen LogP contribution in [-0.2, 0) is 0 Å². The van der Waals surface area contributed by atoms with E-state index in [0.29, 0.717) is 12.8 Å². The third-order valence-electron chi connectivity index (χ3n) is 6.80. The predicted octanol–water partition coefficient (Wildman–Crippen LogP) is 6.10. The molecule has 2 unspecified atom stereocenters. The van der Waals surface area contributed by atoms with E-state index in [-0.39, 0.29) is 0 Å². The third-order valence-corrected chi connectivity index (χ3v) is 27.7. The summed E-state index contributed by atoms with van der Waals surface area (Å²) in [5.41, 5.74) is 2.04. The summed E-state index contributed by atoms with van der Waals surface area (Å²) in [6.07, 6.45) is 0. The predicted molar refractivity (Wildman–Crippen MR) is 202 cm³/mol. The molecular formula is C38H33OP3Sn2. The Morgan fingerprint density at radius 2 is 0.591 bits per heavy atom. The Kier molecular flexibility index (Phi) is 13.7. The van der Waals surface area contributed by atoms with Crippen molar-refractivity contribution in [2.45, 2.75) is 0 Å². The fourth-order valence-corrected chi connectivity index (χ4v) is 24.2. The van der Waals surface area contributed by atoms with E-state index in [1.54, 1.807) is 0 Å². The monoisotopic (exact) mass is 838 g/mol. The Morgan fingerprint density at radius 3 is 0.727 bits per heavy atom. The molecule has 214 valence electrons. The van der Waals surface area contributed by atoms with Gasteiger partial charge in [0.1, 0.15) is 0 Å². The van der Waals surface area contributed by atoms with Gasteiger partial charge in [0, 0.05) is 0 Å². The number of rotatable bonds is 6. The molecule has 7 aromatic rings. The van der Waals surface area contributed by atoms with Gasteiger partial charge in [-0.2, -0.15) is 0 Å². The fraction of sp³-hybridized carbons (Fsp3) is 0. The van der Waals surface area contributed by atoms with Crippen molar-refractivity contribution in [2.24, 2.45) is 0 Å². The van der Waals surface area contributed by atoms with Crippen LogP contribution >= 0.6 is 23.9 Å². The molecule has 1 aromatic heterocycles. The zero-order chi connectivity index (χ0) is 30.2. The van der Waals surface area contributed by atoms with Gasteiger partial charge in [-0.05, 0) is 13.7 Å². The van der Waals surface area contributed by atoms with Crippen molar-refractivity contribution in [3.8, 4) is 0 Å². The normalized spacial score (nSPS) is 10.9. The van der Waals surface area contributed by atoms with Gasteiger partial charge in [0.25, 0.3) is 0 Å². The molecule has 0 aliphatic rings. The quantitative estimate of drug-likeness (QED) is 0.186. The molecule has 0 aliphatic carbocycles. The van der Waals surface area contributed by atoms with Crippen molar-refractivity contribution in [3.63, 3.8) is 0 Å². The Labute approximate surface area is 279 Å². The number of hydrogen-bond donors (Lipinski definition) is 0. The van der Waals surface area contributed by atoms with Gasteiger partial charge in [0.2, 0.25) is 4.89 Å². The molecule has 7 rings (SSSR count). The molecule has 44 heavy (non-hydrogen) atoms. The molecule has 0 N–H and O–H groups in total. The van der Waals surface area contributed by atoms with Gasteiger partial charge in [-0.3, -0.25) is 4.79 Å². The molecule has 6 aromatic carbocycles. The molecule has 1 heterocycles. The summed E-state index contributed by atoms with van der Waals surface area (Å²) >= 11 is -3.96. The van der Waals surface area contributed by atoms with E-state index in [1.807, 2.05) is 5.53 Å². The number of hydrogen-bond acceptors (Lipinski definition) is 1.